The van der Waals surface area contributed by atoms with Gasteiger partial charge >= 0.3 is 6.03 Å². The lowest BCUT2D eigenvalue weighted by atomic mass is 10.2. The van der Waals surface area contributed by atoms with Crippen molar-refractivity contribution < 1.29 is 14.1 Å². The van der Waals surface area contributed by atoms with E-state index in [0.29, 0.717) is 36.5 Å². The first-order valence-electron chi connectivity index (χ1n) is 10.3. The third-order valence-electron chi connectivity index (χ3n) is 5.34. The van der Waals surface area contributed by atoms with Gasteiger partial charge in [-0.25, -0.2) is 9.78 Å². The Morgan fingerprint density at radius 3 is 2.62 bits per heavy atom. The average molecular weight is 451 g/mol. The second-order valence-electron chi connectivity index (χ2n) is 7.42. The Bertz CT molecular complexity index is 1180. The highest BCUT2D eigenvalue weighted by Crippen LogP contribution is 2.26. The van der Waals surface area contributed by atoms with Crippen LogP contribution in [0.4, 0.5) is 9.93 Å². The molecule has 3 heterocycles. The number of nitrogens with zero attached hydrogens (tertiary/aromatic N) is 5. The van der Waals surface area contributed by atoms with Crippen molar-refractivity contribution in [2.75, 3.05) is 38.6 Å². The molecule has 1 aliphatic heterocycles. The summed E-state index contributed by atoms with van der Waals surface area (Å²) in [6.07, 6.45) is 0. The molecule has 10 heteroatoms. The van der Waals surface area contributed by atoms with Crippen molar-refractivity contribution in [3.05, 3.63) is 54.4 Å². The lowest BCUT2D eigenvalue weighted by molar-refractivity contribution is 0.133. The van der Waals surface area contributed by atoms with E-state index in [1.165, 1.54) is 11.3 Å². The number of urea groups is 1. The molecule has 2 aromatic heterocycles. The summed E-state index contributed by atoms with van der Waals surface area (Å²) in [5.74, 6) is 1.89. The summed E-state index contributed by atoms with van der Waals surface area (Å²) >= 11 is 1.48. The van der Waals surface area contributed by atoms with Crippen LogP contribution in [0.2, 0.25) is 0 Å². The number of fused-ring (bicyclic) bond motifs is 1. The van der Waals surface area contributed by atoms with Gasteiger partial charge in [-0.2, -0.15) is 4.98 Å². The monoisotopic (exact) mass is 450 g/mol. The number of methoxy groups -OCH3 is 1. The zero-order chi connectivity index (χ0) is 21.9. The Hall–Kier alpha value is -3.50. The van der Waals surface area contributed by atoms with Gasteiger partial charge in [-0.1, -0.05) is 28.6 Å². The topological polar surface area (TPSA) is 96.6 Å². The number of benzene rings is 2. The Labute approximate surface area is 188 Å². The van der Waals surface area contributed by atoms with Gasteiger partial charge < -0.3 is 14.2 Å². The van der Waals surface area contributed by atoms with Crippen LogP contribution in [0.25, 0.3) is 21.6 Å². The molecular formula is C22H22N6O3S. The van der Waals surface area contributed by atoms with E-state index in [9.17, 15) is 4.79 Å². The van der Waals surface area contributed by atoms with Gasteiger partial charge in [0.15, 0.2) is 5.13 Å². The minimum Gasteiger partial charge on any atom is -0.497 e. The predicted molar refractivity (Wildman–Crippen MR) is 122 cm³/mol. The van der Waals surface area contributed by atoms with Gasteiger partial charge in [0.05, 0.1) is 23.9 Å². The lowest BCUT2D eigenvalue weighted by Crippen LogP contribution is -2.49. The molecule has 0 aliphatic carbocycles. The molecule has 0 radical (unpaired) electrons. The van der Waals surface area contributed by atoms with Crippen LogP contribution in [0, 0.1) is 0 Å². The minimum atomic E-state index is -0.122. The van der Waals surface area contributed by atoms with Crippen molar-refractivity contribution >= 4 is 32.7 Å². The van der Waals surface area contributed by atoms with Crippen LogP contribution in [0.15, 0.2) is 53.1 Å². The van der Waals surface area contributed by atoms with Gasteiger partial charge in [0.25, 0.3) is 0 Å². The third-order valence-corrected chi connectivity index (χ3v) is 6.29. The molecule has 0 atom stereocenters. The molecule has 1 N–H and O–H groups in total. The number of nitrogens with one attached hydrogen (secondary N) is 1. The number of thiazole rings is 1. The van der Waals surface area contributed by atoms with Crippen molar-refractivity contribution in [1.29, 1.82) is 0 Å². The minimum absolute atomic E-state index is 0.122. The average Bonchev–Trinajstić information content (AvgIpc) is 3.46. The van der Waals surface area contributed by atoms with E-state index in [1.54, 1.807) is 12.0 Å². The highest BCUT2D eigenvalue weighted by molar-refractivity contribution is 7.22. The summed E-state index contributed by atoms with van der Waals surface area (Å²) in [5, 5.41) is 7.62. The number of rotatable bonds is 5. The first-order chi connectivity index (χ1) is 15.7. The number of carbonyl (C=O) groups is 1. The number of amides is 2. The molecule has 32 heavy (non-hydrogen) atoms. The van der Waals surface area contributed by atoms with Gasteiger partial charge in [-0.05, 0) is 36.4 Å². The van der Waals surface area contributed by atoms with Gasteiger partial charge in [-0.15, -0.1) is 0 Å². The van der Waals surface area contributed by atoms with Crippen LogP contribution >= 0.6 is 11.3 Å². The van der Waals surface area contributed by atoms with Gasteiger partial charge in [0.2, 0.25) is 11.7 Å². The van der Waals surface area contributed by atoms with E-state index >= 15 is 0 Å². The fourth-order valence-corrected chi connectivity index (χ4v) is 4.43. The SMILES string of the molecule is COc1ccc(-c2noc(CN3CCN(C(=O)Nc4nc5ccccc5s4)CC3)n2)cc1. The molecule has 1 aliphatic rings. The first-order valence-corrected chi connectivity index (χ1v) is 11.1. The van der Waals surface area contributed by atoms with E-state index in [-0.39, 0.29) is 6.03 Å². The molecule has 0 bridgehead atoms. The molecule has 9 nitrogen and oxygen atoms in total. The molecule has 5 rings (SSSR count). The smallest absolute Gasteiger partial charge is 0.323 e. The molecular weight excluding hydrogens is 428 g/mol. The number of hydrogen-bond acceptors (Lipinski definition) is 8. The Balaban J connectivity index is 1.13. The van der Waals surface area contributed by atoms with Crippen LogP contribution in [-0.2, 0) is 6.54 Å². The van der Waals surface area contributed by atoms with E-state index in [0.717, 1.165) is 34.6 Å². The fraction of sp³-hybridized carbons (Fsp3) is 0.273. The van der Waals surface area contributed by atoms with Crippen molar-refractivity contribution in [3.63, 3.8) is 0 Å². The number of ether oxygens (including phenoxy) is 1. The summed E-state index contributed by atoms with van der Waals surface area (Å²) in [4.78, 5) is 25.6. The lowest BCUT2D eigenvalue weighted by Gasteiger charge is -2.33. The fourth-order valence-electron chi connectivity index (χ4n) is 3.57. The maximum absolute atomic E-state index is 12.6. The number of piperazine rings is 1. The molecule has 164 valence electrons. The zero-order valence-corrected chi connectivity index (χ0v) is 18.3. The maximum Gasteiger partial charge on any atom is 0.323 e. The number of para-hydroxylation sites is 1. The number of carbonyl (C=O) groups excluding carboxylic acids is 1. The third kappa shape index (κ3) is 4.41. The van der Waals surface area contributed by atoms with Crippen LogP contribution < -0.4 is 10.1 Å². The van der Waals surface area contributed by atoms with Gasteiger partial charge in [0, 0.05) is 31.7 Å². The van der Waals surface area contributed by atoms with Crippen molar-refractivity contribution in [1.82, 2.24) is 24.9 Å². The highest BCUT2D eigenvalue weighted by Gasteiger charge is 2.23. The molecule has 2 amide bonds. The van der Waals surface area contributed by atoms with Crippen LogP contribution in [0.3, 0.4) is 0 Å². The summed E-state index contributed by atoms with van der Waals surface area (Å²) in [6, 6.07) is 15.3. The largest absolute Gasteiger partial charge is 0.497 e. The van der Waals surface area contributed by atoms with Crippen LogP contribution in [-0.4, -0.2) is 64.2 Å². The predicted octanol–water partition coefficient (Wildman–Crippen LogP) is 3.70. The van der Waals surface area contributed by atoms with E-state index in [2.05, 4.69) is 25.3 Å². The van der Waals surface area contributed by atoms with Crippen molar-refractivity contribution in [2.24, 2.45) is 0 Å². The Morgan fingerprint density at radius 2 is 1.88 bits per heavy atom. The summed E-state index contributed by atoms with van der Waals surface area (Å²) in [7, 11) is 1.63. The molecule has 1 saturated heterocycles. The normalized spacial score (nSPS) is 14.6. The Morgan fingerprint density at radius 1 is 1.09 bits per heavy atom. The summed E-state index contributed by atoms with van der Waals surface area (Å²) in [6.45, 7) is 3.25. The molecule has 4 aromatic rings. The Kier molecular flexibility index (Phi) is 5.70. The maximum atomic E-state index is 12.6. The van der Waals surface area contributed by atoms with E-state index in [1.807, 2.05) is 48.5 Å². The first kappa shape index (κ1) is 20.4. The molecule has 1 fully saturated rings. The van der Waals surface area contributed by atoms with Crippen LogP contribution in [0.1, 0.15) is 5.89 Å². The van der Waals surface area contributed by atoms with E-state index in [4.69, 9.17) is 9.26 Å². The molecule has 0 spiro atoms. The molecule has 0 saturated carbocycles. The van der Waals surface area contributed by atoms with Crippen LogP contribution in [0.5, 0.6) is 5.75 Å². The highest BCUT2D eigenvalue weighted by atomic mass is 32.1. The second kappa shape index (κ2) is 8.93. The van der Waals surface area contributed by atoms with E-state index < -0.39 is 0 Å². The molecule has 0 unspecified atom stereocenters. The number of hydrogen-bond donors (Lipinski definition) is 1. The number of aromatic nitrogens is 3. The zero-order valence-electron chi connectivity index (χ0n) is 17.5. The summed E-state index contributed by atoms with van der Waals surface area (Å²) < 4.78 is 11.7. The van der Waals surface area contributed by atoms with Crippen molar-refractivity contribution in [3.8, 4) is 17.1 Å². The second-order valence-corrected chi connectivity index (χ2v) is 8.45. The van der Waals surface area contributed by atoms with Gasteiger partial charge in [-0.3, -0.25) is 10.2 Å². The quantitative estimate of drug-likeness (QED) is 0.495. The van der Waals surface area contributed by atoms with Gasteiger partial charge in [0.1, 0.15) is 5.75 Å². The van der Waals surface area contributed by atoms with Crippen molar-refractivity contribution in [2.45, 2.75) is 6.54 Å². The standard InChI is InChI=1S/C22H22N6O3S/c1-30-16-8-6-15(7-9-16)20-24-19(31-26-20)14-27-10-12-28(13-11-27)22(29)25-21-23-17-4-2-3-5-18(17)32-21/h2-9H,10-14H2,1H3,(H,23,25,29). The molecule has 2 aromatic carbocycles. The number of anilines is 1. The summed E-state index contributed by atoms with van der Waals surface area (Å²) in [5.41, 5.74) is 1.77.